The first kappa shape index (κ1) is 23.2. The second-order valence-corrected chi connectivity index (χ2v) is 9.86. The molecule has 1 aliphatic rings. The predicted octanol–water partition coefficient (Wildman–Crippen LogP) is 3.36. The number of rotatable bonds is 8. The first-order chi connectivity index (χ1) is 15.8. The number of aryl methyl sites for hydroxylation is 1. The minimum Gasteiger partial charge on any atom is -0.451 e. The molecule has 2 aromatic carbocycles. The number of hydrogen-bond donors (Lipinski definition) is 2. The quantitative estimate of drug-likeness (QED) is 0.385. The molecule has 9 heteroatoms. The van der Waals surface area contributed by atoms with Gasteiger partial charge in [0.05, 0.1) is 16.6 Å². The van der Waals surface area contributed by atoms with Crippen LogP contribution in [0.4, 0.5) is 0 Å². The minimum atomic E-state index is -3.72. The van der Waals surface area contributed by atoms with Gasteiger partial charge in [-0.05, 0) is 57.0 Å². The molecule has 8 nitrogen and oxygen atoms in total. The van der Waals surface area contributed by atoms with Crippen molar-refractivity contribution in [1.29, 1.82) is 0 Å². The number of H-pyrrole nitrogens is 1. The lowest BCUT2D eigenvalue weighted by atomic mass is 10.0. The number of carbonyl (C=O) groups is 2. The second kappa shape index (κ2) is 9.46. The number of aromatic nitrogens is 1. The van der Waals surface area contributed by atoms with E-state index in [0.717, 1.165) is 23.7 Å². The Morgan fingerprint density at radius 2 is 1.91 bits per heavy atom. The van der Waals surface area contributed by atoms with E-state index in [2.05, 4.69) is 9.71 Å². The highest BCUT2D eigenvalue weighted by Crippen LogP contribution is 2.24. The van der Waals surface area contributed by atoms with Crippen LogP contribution in [0.2, 0.25) is 0 Å². The van der Waals surface area contributed by atoms with E-state index >= 15 is 0 Å². The van der Waals surface area contributed by atoms with Crippen LogP contribution in [0.25, 0.3) is 10.9 Å². The van der Waals surface area contributed by atoms with E-state index in [1.54, 1.807) is 6.92 Å². The molecule has 0 spiro atoms. The van der Waals surface area contributed by atoms with Crippen molar-refractivity contribution >= 4 is 32.7 Å². The van der Waals surface area contributed by atoms with Crippen molar-refractivity contribution in [3.8, 4) is 0 Å². The van der Waals surface area contributed by atoms with Crippen LogP contribution in [-0.2, 0) is 19.5 Å². The van der Waals surface area contributed by atoms with Gasteiger partial charge in [-0.25, -0.2) is 17.9 Å². The van der Waals surface area contributed by atoms with E-state index in [4.69, 9.17) is 9.47 Å². The van der Waals surface area contributed by atoms with Crippen molar-refractivity contribution in [2.45, 2.75) is 43.8 Å². The van der Waals surface area contributed by atoms with Gasteiger partial charge in [-0.3, -0.25) is 4.79 Å². The maximum absolute atomic E-state index is 13.0. The standard InChI is InChI=1S/C24H26N2O6S/c1-15-22(20-7-3-4-8-21(20)26-15)23(27)16(2)32-24(28)17-9-11-19(12-10-17)33(29,30)25-14-18-6-5-13-31-18/h3-4,7-12,16,18,25-26H,5-6,13-14H2,1-2H3. The summed E-state index contributed by atoms with van der Waals surface area (Å²) in [6.45, 7) is 4.17. The Kier molecular flexibility index (Phi) is 6.64. The molecule has 0 radical (unpaired) electrons. The molecular weight excluding hydrogens is 444 g/mol. The van der Waals surface area contributed by atoms with Gasteiger partial charge in [0, 0.05) is 35.3 Å². The summed E-state index contributed by atoms with van der Waals surface area (Å²) in [5, 5.41) is 0.771. The molecule has 33 heavy (non-hydrogen) atoms. The largest absolute Gasteiger partial charge is 0.451 e. The minimum absolute atomic E-state index is 0.0376. The zero-order valence-electron chi connectivity index (χ0n) is 18.5. The Morgan fingerprint density at radius 3 is 2.61 bits per heavy atom. The van der Waals surface area contributed by atoms with E-state index in [9.17, 15) is 18.0 Å². The molecule has 1 aliphatic heterocycles. The molecule has 3 aromatic rings. The highest BCUT2D eigenvalue weighted by Gasteiger charge is 2.25. The Bertz CT molecular complexity index is 1270. The average molecular weight is 471 g/mol. The maximum atomic E-state index is 13.0. The predicted molar refractivity (Wildman–Crippen MR) is 123 cm³/mol. The Hall–Kier alpha value is -3.01. The summed E-state index contributed by atoms with van der Waals surface area (Å²) in [5.74, 6) is -1.01. The number of sulfonamides is 1. The summed E-state index contributed by atoms with van der Waals surface area (Å²) < 4.78 is 38.3. The molecule has 1 saturated heterocycles. The van der Waals surface area contributed by atoms with Gasteiger partial charge in [-0.1, -0.05) is 18.2 Å². The van der Waals surface area contributed by atoms with Crippen molar-refractivity contribution in [2.24, 2.45) is 0 Å². The van der Waals surface area contributed by atoms with E-state index < -0.39 is 22.1 Å². The molecule has 0 bridgehead atoms. The molecule has 4 rings (SSSR count). The van der Waals surface area contributed by atoms with Crippen LogP contribution in [0.1, 0.15) is 46.2 Å². The summed E-state index contributed by atoms with van der Waals surface area (Å²) in [4.78, 5) is 28.8. The van der Waals surface area contributed by atoms with E-state index in [1.807, 2.05) is 24.3 Å². The number of hydrogen-bond acceptors (Lipinski definition) is 6. The lowest BCUT2D eigenvalue weighted by Crippen LogP contribution is -2.31. The molecule has 174 valence electrons. The lowest BCUT2D eigenvalue weighted by molar-refractivity contribution is 0.0319. The zero-order chi connectivity index (χ0) is 23.6. The number of aromatic amines is 1. The number of Topliss-reactive ketones (excluding diaryl/α,β-unsaturated/α-hetero) is 1. The third-order valence-electron chi connectivity index (χ3n) is 5.72. The summed E-state index contributed by atoms with van der Waals surface area (Å²) in [5.41, 5.74) is 2.18. The number of ketones is 1. The monoisotopic (exact) mass is 470 g/mol. The van der Waals surface area contributed by atoms with Crippen molar-refractivity contribution in [2.75, 3.05) is 13.2 Å². The van der Waals surface area contributed by atoms with Crippen LogP contribution < -0.4 is 4.72 Å². The number of esters is 1. The fourth-order valence-corrected chi connectivity index (χ4v) is 5.01. The van der Waals surface area contributed by atoms with Crippen molar-refractivity contribution in [3.05, 3.63) is 65.4 Å². The summed E-state index contributed by atoms with van der Waals surface area (Å²) in [6.07, 6.45) is 0.618. The van der Waals surface area contributed by atoms with E-state index in [-0.39, 0.29) is 28.9 Å². The van der Waals surface area contributed by atoms with Gasteiger partial charge >= 0.3 is 5.97 Å². The summed E-state index contributed by atoms with van der Waals surface area (Å²) in [6, 6.07) is 12.9. The molecule has 2 unspecified atom stereocenters. The van der Waals surface area contributed by atoms with Gasteiger partial charge < -0.3 is 14.5 Å². The Labute approximate surface area is 192 Å². The SMILES string of the molecule is Cc1[nH]c2ccccc2c1C(=O)C(C)OC(=O)c1ccc(S(=O)(=O)NCC2CCCO2)cc1. The van der Waals surface area contributed by atoms with Crippen molar-refractivity contribution < 1.29 is 27.5 Å². The van der Waals surface area contributed by atoms with Crippen LogP contribution in [0.15, 0.2) is 53.4 Å². The highest BCUT2D eigenvalue weighted by molar-refractivity contribution is 7.89. The third-order valence-corrected chi connectivity index (χ3v) is 7.16. The van der Waals surface area contributed by atoms with Crippen LogP contribution in [0.3, 0.4) is 0 Å². The molecule has 0 amide bonds. The molecular formula is C24H26N2O6S. The number of benzene rings is 2. The smallest absolute Gasteiger partial charge is 0.338 e. The number of para-hydroxylation sites is 1. The Morgan fingerprint density at radius 1 is 1.18 bits per heavy atom. The summed E-state index contributed by atoms with van der Waals surface area (Å²) >= 11 is 0. The van der Waals surface area contributed by atoms with Crippen LogP contribution >= 0.6 is 0 Å². The normalized spacial score (nSPS) is 17.2. The fraction of sp³-hybridized carbons (Fsp3) is 0.333. The molecule has 2 atom stereocenters. The molecule has 0 saturated carbocycles. The van der Waals surface area contributed by atoms with E-state index in [1.165, 1.54) is 31.2 Å². The topological polar surface area (TPSA) is 115 Å². The van der Waals surface area contributed by atoms with Crippen LogP contribution in [0, 0.1) is 6.92 Å². The fourth-order valence-electron chi connectivity index (χ4n) is 3.94. The van der Waals surface area contributed by atoms with Gasteiger partial charge in [0.1, 0.15) is 0 Å². The highest BCUT2D eigenvalue weighted by atomic mass is 32.2. The molecule has 1 aromatic heterocycles. The maximum Gasteiger partial charge on any atom is 0.338 e. The van der Waals surface area contributed by atoms with Gasteiger partial charge in [0.15, 0.2) is 6.10 Å². The number of ether oxygens (including phenoxy) is 2. The molecule has 0 aliphatic carbocycles. The van der Waals surface area contributed by atoms with Gasteiger partial charge in [0.2, 0.25) is 15.8 Å². The second-order valence-electron chi connectivity index (χ2n) is 8.09. The van der Waals surface area contributed by atoms with Crippen LogP contribution in [-0.4, -0.2) is 50.5 Å². The van der Waals surface area contributed by atoms with E-state index in [0.29, 0.717) is 17.9 Å². The Balaban J connectivity index is 1.41. The molecule has 1 fully saturated rings. The van der Waals surface area contributed by atoms with Crippen molar-refractivity contribution in [3.63, 3.8) is 0 Å². The van der Waals surface area contributed by atoms with Gasteiger partial charge in [0.25, 0.3) is 0 Å². The zero-order valence-corrected chi connectivity index (χ0v) is 19.3. The van der Waals surface area contributed by atoms with Crippen molar-refractivity contribution in [1.82, 2.24) is 9.71 Å². The lowest BCUT2D eigenvalue weighted by Gasteiger charge is -2.13. The average Bonchev–Trinajstić information content (AvgIpc) is 3.44. The molecule has 2 heterocycles. The van der Waals surface area contributed by atoms with Crippen LogP contribution in [0.5, 0.6) is 0 Å². The first-order valence-corrected chi connectivity index (χ1v) is 12.3. The first-order valence-electron chi connectivity index (χ1n) is 10.8. The number of nitrogens with one attached hydrogen (secondary N) is 2. The third kappa shape index (κ3) is 5.00. The number of carbonyl (C=O) groups excluding carboxylic acids is 2. The van der Waals surface area contributed by atoms with Gasteiger partial charge in [-0.15, -0.1) is 0 Å². The summed E-state index contributed by atoms with van der Waals surface area (Å²) in [7, 11) is -3.72. The number of fused-ring (bicyclic) bond motifs is 1. The van der Waals surface area contributed by atoms with Gasteiger partial charge in [-0.2, -0.15) is 0 Å². The molecule has 2 N–H and O–H groups in total.